The van der Waals surface area contributed by atoms with Crippen LogP contribution in [0.15, 0.2) is 60.8 Å². The Kier molecular flexibility index (Phi) is 59.1. The highest BCUT2D eigenvalue weighted by Crippen LogP contribution is 2.38. The number of phosphoric acid groups is 1. The Morgan fingerprint density at radius 2 is 0.753 bits per heavy atom. The number of ether oxygens (including phenoxy) is 1. The zero-order valence-corrected chi connectivity index (χ0v) is 55.1. The van der Waals surface area contributed by atoms with Gasteiger partial charge in [-0.3, -0.25) is 14.2 Å². The van der Waals surface area contributed by atoms with Gasteiger partial charge in [0.25, 0.3) is 7.82 Å². The van der Waals surface area contributed by atoms with Gasteiger partial charge in [0.1, 0.15) is 19.3 Å². The summed E-state index contributed by atoms with van der Waals surface area (Å²) < 4.78 is 30.4. The summed E-state index contributed by atoms with van der Waals surface area (Å²) in [4.78, 5) is 40.2. The molecule has 0 rings (SSSR count). The van der Waals surface area contributed by atoms with E-state index in [-0.39, 0.29) is 31.5 Å². The lowest BCUT2D eigenvalue weighted by Crippen LogP contribution is -2.47. The van der Waals surface area contributed by atoms with Gasteiger partial charge in [0.2, 0.25) is 5.91 Å². The van der Waals surface area contributed by atoms with Crippen molar-refractivity contribution in [3.8, 4) is 0 Å². The lowest BCUT2D eigenvalue weighted by Gasteiger charge is -2.30. The van der Waals surface area contributed by atoms with Crippen molar-refractivity contribution in [2.75, 3.05) is 40.9 Å². The van der Waals surface area contributed by atoms with Crippen molar-refractivity contribution < 1.29 is 37.3 Å². The highest BCUT2D eigenvalue weighted by atomic mass is 31.2. The third kappa shape index (κ3) is 62.1. The minimum Gasteiger partial charge on any atom is -0.756 e. The second kappa shape index (κ2) is 60.8. The van der Waals surface area contributed by atoms with E-state index in [9.17, 15) is 19.0 Å². The molecule has 0 heterocycles. The molecule has 0 aliphatic rings. The summed E-state index contributed by atoms with van der Waals surface area (Å²) in [6.45, 7) is 6.85. The topological polar surface area (TPSA) is 114 Å². The molecule has 0 radical (unpaired) electrons. The Labute approximate surface area is 502 Å². The van der Waals surface area contributed by atoms with Crippen molar-refractivity contribution in [3.63, 3.8) is 0 Å². The number of carbonyl (C=O) groups is 2. The molecule has 10 heteroatoms. The normalized spacial score (nSPS) is 13.9. The summed E-state index contributed by atoms with van der Waals surface area (Å²) in [6.07, 6.45) is 77.6. The van der Waals surface area contributed by atoms with Crippen molar-refractivity contribution in [1.29, 1.82) is 0 Å². The van der Waals surface area contributed by atoms with Gasteiger partial charge in [0.15, 0.2) is 0 Å². The number of carbonyl (C=O) groups excluding carboxylic acids is 2. The first-order valence-corrected chi connectivity index (χ1v) is 36.1. The SMILES string of the molecule is CCCCC/C=C\C/C=C\C/C=C\C/C=C\CCCCCCCCCC(=O)OC(/C=C/CCCCCCCCCCCCC)C(COP(=O)([O-])OCC[N+](C)(C)C)NC(=O)CCCCCCCCCCCCCCCCCCCCC. The Hall–Kier alpha value is -2.29. The smallest absolute Gasteiger partial charge is 0.306 e. The molecule has 0 aromatic rings. The number of quaternary nitrogens is 1. The summed E-state index contributed by atoms with van der Waals surface area (Å²) in [5.41, 5.74) is 0. The molecule has 0 spiro atoms. The van der Waals surface area contributed by atoms with Crippen LogP contribution in [0.1, 0.15) is 329 Å². The monoisotopic (exact) mass is 1160 g/mol. The number of unbranched alkanes of at least 4 members (excludes halogenated alkanes) is 39. The molecule has 0 aromatic heterocycles. The van der Waals surface area contributed by atoms with E-state index < -0.39 is 20.0 Å². The van der Waals surface area contributed by atoms with E-state index in [2.05, 4.69) is 74.7 Å². The average Bonchev–Trinajstić information content (AvgIpc) is 3.44. The lowest BCUT2D eigenvalue weighted by molar-refractivity contribution is -0.870. The molecule has 81 heavy (non-hydrogen) atoms. The molecule has 0 aliphatic heterocycles. The molecular weight excluding hydrogens is 1020 g/mol. The van der Waals surface area contributed by atoms with Gasteiger partial charge in [-0.1, -0.05) is 300 Å². The zero-order chi connectivity index (χ0) is 59.3. The standard InChI is InChI=1S/C71H133N2O7P/c1-7-10-13-16-19-22-25-28-30-32-34-35-36-37-39-41-43-46-49-52-55-58-61-64-71(75)80-69(62-59-56-53-50-47-44-27-24-21-18-15-12-9-3)68(67-79-81(76,77)78-66-65-73(4,5)6)72-70(74)63-60-57-54-51-48-45-42-40-38-33-31-29-26-23-20-17-14-11-8-2/h19,22,28,30,34-35,37,39,59,62,68-69H,7-18,20-21,23-27,29,31-33,36,38,40-58,60-61,63-67H2,1-6H3,(H-,72,74,76,77)/b22-19-,30-28-,35-34-,39-37-,62-59+. The van der Waals surface area contributed by atoms with Gasteiger partial charge in [-0.15, -0.1) is 0 Å². The van der Waals surface area contributed by atoms with Crippen LogP contribution in [0, 0.1) is 0 Å². The summed E-state index contributed by atoms with van der Waals surface area (Å²) in [6, 6.07) is -0.893. The lowest BCUT2D eigenvalue weighted by atomic mass is 10.0. The van der Waals surface area contributed by atoms with Gasteiger partial charge in [0, 0.05) is 12.8 Å². The van der Waals surface area contributed by atoms with Gasteiger partial charge >= 0.3 is 5.97 Å². The van der Waals surface area contributed by atoms with Gasteiger partial charge < -0.3 is 28.5 Å². The maximum atomic E-state index is 13.6. The van der Waals surface area contributed by atoms with Gasteiger partial charge in [-0.2, -0.15) is 0 Å². The maximum absolute atomic E-state index is 13.6. The number of allylic oxidation sites excluding steroid dienone is 9. The molecule has 0 aromatic carbocycles. The fourth-order valence-electron chi connectivity index (χ4n) is 10.1. The predicted octanol–water partition coefficient (Wildman–Crippen LogP) is 21.2. The number of phosphoric ester groups is 1. The minimum absolute atomic E-state index is 0.0237. The second-order valence-corrected chi connectivity index (χ2v) is 26.1. The molecule has 0 saturated carbocycles. The van der Waals surface area contributed by atoms with Crippen LogP contribution in [0.25, 0.3) is 0 Å². The number of nitrogens with zero attached hydrogens (tertiary/aromatic N) is 1. The minimum atomic E-state index is -4.71. The molecule has 0 saturated heterocycles. The number of rotatable bonds is 63. The van der Waals surface area contributed by atoms with Crippen LogP contribution in [0.2, 0.25) is 0 Å². The first-order valence-electron chi connectivity index (χ1n) is 34.6. The fourth-order valence-corrected chi connectivity index (χ4v) is 10.8. The van der Waals surface area contributed by atoms with Gasteiger partial charge in [0.05, 0.1) is 33.8 Å². The van der Waals surface area contributed by atoms with Crippen molar-refractivity contribution >= 4 is 19.7 Å². The number of likely N-dealkylation sites (N-methyl/N-ethyl adjacent to an activating group) is 1. The van der Waals surface area contributed by atoms with E-state index in [0.717, 1.165) is 89.9 Å². The molecule has 3 atom stereocenters. The van der Waals surface area contributed by atoms with Crippen LogP contribution in [0.3, 0.4) is 0 Å². The number of esters is 1. The third-order valence-electron chi connectivity index (χ3n) is 15.5. The van der Waals surface area contributed by atoms with Crippen molar-refractivity contribution in [2.24, 2.45) is 0 Å². The maximum Gasteiger partial charge on any atom is 0.306 e. The van der Waals surface area contributed by atoms with Gasteiger partial charge in [-0.25, -0.2) is 0 Å². The molecule has 1 amide bonds. The Morgan fingerprint density at radius 3 is 1.15 bits per heavy atom. The molecule has 1 N–H and O–H groups in total. The molecule has 3 unspecified atom stereocenters. The van der Waals surface area contributed by atoms with Crippen molar-refractivity contribution in [2.45, 2.75) is 341 Å². The zero-order valence-electron chi connectivity index (χ0n) is 54.2. The molecule has 0 bridgehead atoms. The second-order valence-electron chi connectivity index (χ2n) is 24.7. The molecule has 9 nitrogen and oxygen atoms in total. The summed E-state index contributed by atoms with van der Waals surface area (Å²) in [5, 5.41) is 3.04. The largest absolute Gasteiger partial charge is 0.756 e. The Balaban J connectivity index is 5.17. The van der Waals surface area contributed by atoms with Crippen LogP contribution in [-0.2, 0) is 27.9 Å². The average molecular weight is 1160 g/mol. The molecule has 0 aliphatic carbocycles. The van der Waals surface area contributed by atoms with Crippen LogP contribution < -0.4 is 10.2 Å². The number of hydrogen-bond donors (Lipinski definition) is 1. The van der Waals surface area contributed by atoms with E-state index in [0.29, 0.717) is 17.4 Å². The molecule has 0 fully saturated rings. The van der Waals surface area contributed by atoms with Crippen LogP contribution in [0.4, 0.5) is 0 Å². The van der Waals surface area contributed by atoms with Crippen molar-refractivity contribution in [3.05, 3.63) is 60.8 Å². The fraction of sp³-hybridized carbons (Fsp3) is 0.831. The van der Waals surface area contributed by atoms with E-state index in [4.69, 9.17) is 13.8 Å². The Morgan fingerprint density at radius 1 is 0.432 bits per heavy atom. The Bertz CT molecular complexity index is 1570. The predicted molar refractivity (Wildman–Crippen MR) is 349 cm³/mol. The van der Waals surface area contributed by atoms with Crippen LogP contribution in [0.5, 0.6) is 0 Å². The molecular formula is C71H133N2O7P. The van der Waals surface area contributed by atoms with Crippen molar-refractivity contribution in [1.82, 2.24) is 5.32 Å². The third-order valence-corrected chi connectivity index (χ3v) is 16.4. The number of amides is 1. The summed E-state index contributed by atoms with van der Waals surface area (Å²) in [7, 11) is 1.19. The van der Waals surface area contributed by atoms with E-state index >= 15 is 0 Å². The number of nitrogens with one attached hydrogen (secondary N) is 1. The quantitative estimate of drug-likeness (QED) is 0.0212. The van der Waals surface area contributed by atoms with Gasteiger partial charge in [-0.05, 0) is 76.7 Å². The summed E-state index contributed by atoms with van der Waals surface area (Å²) in [5.74, 6) is -0.540. The molecule has 474 valence electrons. The first kappa shape index (κ1) is 78.7. The van der Waals surface area contributed by atoms with Crippen LogP contribution >= 0.6 is 7.82 Å². The highest BCUT2D eigenvalue weighted by Gasteiger charge is 2.27. The number of hydrogen-bond acceptors (Lipinski definition) is 7. The van der Waals surface area contributed by atoms with E-state index in [1.165, 1.54) is 205 Å². The summed E-state index contributed by atoms with van der Waals surface area (Å²) >= 11 is 0. The van der Waals surface area contributed by atoms with E-state index in [1.54, 1.807) is 0 Å². The first-order chi connectivity index (χ1) is 39.4. The van der Waals surface area contributed by atoms with E-state index in [1.807, 2.05) is 33.3 Å². The van der Waals surface area contributed by atoms with Crippen LogP contribution in [-0.4, -0.2) is 69.4 Å². The highest BCUT2D eigenvalue weighted by molar-refractivity contribution is 7.45.